The van der Waals surface area contributed by atoms with Crippen LogP contribution in [0.25, 0.3) is 0 Å². The van der Waals surface area contributed by atoms with Crippen LogP contribution in [0.5, 0.6) is 0 Å². The van der Waals surface area contributed by atoms with Gasteiger partial charge >= 0.3 is 0 Å². The Morgan fingerprint density at radius 2 is 2.25 bits per heavy atom. The number of benzene rings is 1. The molecular formula is C18H23N3O2S. The number of ether oxygens (including phenoxy) is 1. The van der Waals surface area contributed by atoms with E-state index in [0.717, 1.165) is 17.1 Å². The zero-order valence-corrected chi connectivity index (χ0v) is 14.9. The number of amides is 1. The predicted molar refractivity (Wildman–Crippen MR) is 94.9 cm³/mol. The Morgan fingerprint density at radius 3 is 2.96 bits per heavy atom. The van der Waals surface area contributed by atoms with E-state index in [1.54, 1.807) is 17.5 Å². The molecule has 1 aromatic carbocycles. The molecule has 2 heterocycles. The molecule has 0 bridgehead atoms. The largest absolute Gasteiger partial charge is 0.368 e. The summed E-state index contributed by atoms with van der Waals surface area (Å²) < 4.78 is 5.79. The molecule has 1 aliphatic heterocycles. The number of carbonyl (C=O) groups is 1. The maximum absolute atomic E-state index is 12.6. The van der Waals surface area contributed by atoms with Gasteiger partial charge in [-0.2, -0.15) is 0 Å². The molecule has 2 atom stereocenters. The molecule has 0 N–H and O–H groups in total. The highest BCUT2D eigenvalue weighted by atomic mass is 32.1. The number of hydrogen-bond donors (Lipinski definition) is 0. The summed E-state index contributed by atoms with van der Waals surface area (Å²) in [4.78, 5) is 21.0. The summed E-state index contributed by atoms with van der Waals surface area (Å²) in [5.41, 5.74) is 1.15. The standard InChI is InChI=1S/C18H23N3O2S/c1-14(15-6-4-3-5-7-15)20(2)17(22)13-21-9-10-23-16(12-21)18-19-8-11-24-18/h3-8,11,14,16H,9-10,12-13H2,1-2H3/t14-,16-/m0/s1. The number of likely N-dealkylation sites (N-methyl/N-ethyl adjacent to an activating group) is 1. The summed E-state index contributed by atoms with van der Waals surface area (Å²) >= 11 is 1.60. The molecule has 1 aromatic heterocycles. The van der Waals surface area contributed by atoms with E-state index in [1.807, 2.05) is 35.5 Å². The van der Waals surface area contributed by atoms with E-state index in [-0.39, 0.29) is 18.1 Å². The fourth-order valence-corrected chi connectivity index (χ4v) is 3.54. The molecule has 0 radical (unpaired) electrons. The van der Waals surface area contributed by atoms with E-state index >= 15 is 0 Å². The monoisotopic (exact) mass is 345 g/mol. The lowest BCUT2D eigenvalue weighted by molar-refractivity contribution is -0.135. The van der Waals surface area contributed by atoms with Gasteiger partial charge in [0.2, 0.25) is 5.91 Å². The van der Waals surface area contributed by atoms with Crippen molar-refractivity contribution in [3.8, 4) is 0 Å². The van der Waals surface area contributed by atoms with Crippen LogP contribution < -0.4 is 0 Å². The number of thiazole rings is 1. The SMILES string of the molecule is C[C@@H](c1ccccc1)N(C)C(=O)CN1CCO[C@H](c2nccs2)C1. The Kier molecular flexibility index (Phi) is 5.60. The van der Waals surface area contributed by atoms with Gasteiger partial charge < -0.3 is 9.64 Å². The van der Waals surface area contributed by atoms with Crippen molar-refractivity contribution in [2.45, 2.75) is 19.1 Å². The van der Waals surface area contributed by atoms with Gasteiger partial charge in [0.05, 0.1) is 19.2 Å². The molecule has 5 nitrogen and oxygen atoms in total. The Labute approximate surface area is 146 Å². The quantitative estimate of drug-likeness (QED) is 0.836. The molecule has 1 amide bonds. The van der Waals surface area contributed by atoms with Crippen LogP contribution in [-0.4, -0.2) is 54.0 Å². The molecule has 1 fully saturated rings. The molecule has 3 rings (SSSR count). The number of carbonyl (C=O) groups excluding carboxylic acids is 1. The minimum atomic E-state index is -0.0246. The molecular weight excluding hydrogens is 322 g/mol. The van der Waals surface area contributed by atoms with Gasteiger partial charge in [-0.25, -0.2) is 4.98 Å². The summed E-state index contributed by atoms with van der Waals surface area (Å²) in [6.45, 7) is 4.60. The van der Waals surface area contributed by atoms with E-state index in [1.165, 1.54) is 0 Å². The van der Waals surface area contributed by atoms with Crippen molar-refractivity contribution in [3.63, 3.8) is 0 Å². The third-order valence-electron chi connectivity index (χ3n) is 4.49. The van der Waals surface area contributed by atoms with Crippen molar-refractivity contribution in [1.29, 1.82) is 0 Å². The van der Waals surface area contributed by atoms with Crippen molar-refractivity contribution in [3.05, 3.63) is 52.5 Å². The van der Waals surface area contributed by atoms with Gasteiger partial charge in [0, 0.05) is 31.7 Å². The zero-order chi connectivity index (χ0) is 16.9. The topological polar surface area (TPSA) is 45.7 Å². The van der Waals surface area contributed by atoms with Crippen LogP contribution in [0.3, 0.4) is 0 Å². The third-order valence-corrected chi connectivity index (χ3v) is 5.36. The van der Waals surface area contributed by atoms with Crippen LogP contribution in [0.1, 0.15) is 29.6 Å². The first-order valence-electron chi connectivity index (χ1n) is 8.19. The lowest BCUT2D eigenvalue weighted by atomic mass is 10.1. The molecule has 1 saturated heterocycles. The van der Waals surface area contributed by atoms with Crippen molar-refractivity contribution in [2.24, 2.45) is 0 Å². The van der Waals surface area contributed by atoms with Crippen molar-refractivity contribution >= 4 is 17.2 Å². The maximum Gasteiger partial charge on any atom is 0.236 e. The average Bonchev–Trinajstić information content (AvgIpc) is 3.16. The van der Waals surface area contributed by atoms with Crippen LogP contribution in [0.2, 0.25) is 0 Å². The van der Waals surface area contributed by atoms with E-state index in [4.69, 9.17) is 4.74 Å². The van der Waals surface area contributed by atoms with Crippen molar-refractivity contribution in [1.82, 2.24) is 14.8 Å². The Morgan fingerprint density at radius 1 is 1.46 bits per heavy atom. The second kappa shape index (κ2) is 7.88. The Hall–Kier alpha value is -1.76. The lowest BCUT2D eigenvalue weighted by Gasteiger charge is -2.33. The van der Waals surface area contributed by atoms with Gasteiger partial charge in [-0.15, -0.1) is 11.3 Å². The molecule has 6 heteroatoms. The van der Waals surface area contributed by atoms with Crippen molar-refractivity contribution < 1.29 is 9.53 Å². The molecule has 128 valence electrons. The smallest absolute Gasteiger partial charge is 0.236 e. The molecule has 0 aliphatic carbocycles. The number of nitrogens with zero attached hydrogens (tertiary/aromatic N) is 3. The average molecular weight is 345 g/mol. The highest BCUT2D eigenvalue weighted by Crippen LogP contribution is 2.24. The van der Waals surface area contributed by atoms with Crippen LogP contribution in [0.15, 0.2) is 41.9 Å². The first kappa shape index (κ1) is 17.1. The molecule has 24 heavy (non-hydrogen) atoms. The first-order chi connectivity index (χ1) is 11.6. The lowest BCUT2D eigenvalue weighted by Crippen LogP contribution is -2.45. The van der Waals surface area contributed by atoms with Gasteiger partial charge in [0.15, 0.2) is 0 Å². The summed E-state index contributed by atoms with van der Waals surface area (Å²) in [5.74, 6) is 0.131. The second-order valence-corrected chi connectivity index (χ2v) is 6.98. The van der Waals surface area contributed by atoms with E-state index in [2.05, 4.69) is 28.9 Å². The normalized spacial score (nSPS) is 19.8. The van der Waals surface area contributed by atoms with Gasteiger partial charge in [-0.3, -0.25) is 9.69 Å². The van der Waals surface area contributed by atoms with Crippen LogP contribution in [0.4, 0.5) is 0 Å². The van der Waals surface area contributed by atoms with E-state index < -0.39 is 0 Å². The van der Waals surface area contributed by atoms with Gasteiger partial charge in [0.25, 0.3) is 0 Å². The number of morpholine rings is 1. The second-order valence-electron chi connectivity index (χ2n) is 6.06. The minimum Gasteiger partial charge on any atom is -0.368 e. The fraction of sp³-hybridized carbons (Fsp3) is 0.444. The Balaban J connectivity index is 1.57. The molecule has 2 aromatic rings. The number of rotatable bonds is 5. The summed E-state index contributed by atoms with van der Waals surface area (Å²) in [6.07, 6.45) is 1.77. The van der Waals surface area contributed by atoms with Crippen LogP contribution in [0, 0.1) is 0 Å². The summed E-state index contributed by atoms with van der Waals surface area (Å²) in [6, 6.07) is 10.2. The Bertz CT molecular complexity index is 648. The van der Waals surface area contributed by atoms with Crippen LogP contribution >= 0.6 is 11.3 Å². The van der Waals surface area contributed by atoms with Crippen LogP contribution in [-0.2, 0) is 9.53 Å². The maximum atomic E-state index is 12.6. The highest BCUT2D eigenvalue weighted by Gasteiger charge is 2.27. The van der Waals surface area contributed by atoms with Crippen molar-refractivity contribution in [2.75, 3.05) is 33.3 Å². The number of aromatic nitrogens is 1. The zero-order valence-electron chi connectivity index (χ0n) is 14.1. The summed E-state index contributed by atoms with van der Waals surface area (Å²) in [5, 5.41) is 2.94. The molecule has 0 spiro atoms. The van der Waals surface area contributed by atoms with E-state index in [0.29, 0.717) is 19.7 Å². The first-order valence-corrected chi connectivity index (χ1v) is 9.07. The third kappa shape index (κ3) is 4.01. The fourth-order valence-electron chi connectivity index (χ4n) is 2.86. The van der Waals surface area contributed by atoms with Gasteiger partial charge in [-0.05, 0) is 12.5 Å². The van der Waals surface area contributed by atoms with E-state index in [9.17, 15) is 4.79 Å². The summed E-state index contributed by atoms with van der Waals surface area (Å²) in [7, 11) is 1.87. The highest BCUT2D eigenvalue weighted by molar-refractivity contribution is 7.09. The predicted octanol–water partition coefficient (Wildman–Crippen LogP) is 2.74. The molecule has 0 saturated carbocycles. The molecule has 0 unspecified atom stereocenters. The van der Waals surface area contributed by atoms with Gasteiger partial charge in [0.1, 0.15) is 11.1 Å². The minimum absolute atomic E-state index is 0.0246. The van der Waals surface area contributed by atoms with Gasteiger partial charge in [-0.1, -0.05) is 30.3 Å². The molecule has 1 aliphatic rings. The number of hydrogen-bond acceptors (Lipinski definition) is 5.